The van der Waals surface area contributed by atoms with Gasteiger partial charge >= 0.3 is 0 Å². The molecule has 1 atom stereocenters. The van der Waals surface area contributed by atoms with Crippen LogP contribution in [0.1, 0.15) is 32.6 Å². The van der Waals surface area contributed by atoms with Crippen molar-refractivity contribution in [2.75, 3.05) is 0 Å². The van der Waals surface area contributed by atoms with Crippen molar-refractivity contribution in [2.45, 2.75) is 38.6 Å². The van der Waals surface area contributed by atoms with E-state index in [4.69, 9.17) is 0 Å². The SMILES string of the molecule is CC1C(=O)C2=C(CCCC2)[N+]1=O. The Labute approximate surface area is 71.0 Å². The highest BCUT2D eigenvalue weighted by Gasteiger charge is 2.46. The number of hydrogen-bond donors (Lipinski definition) is 0. The van der Waals surface area contributed by atoms with Gasteiger partial charge in [0.05, 0.1) is 5.57 Å². The van der Waals surface area contributed by atoms with Crippen LogP contribution in [-0.4, -0.2) is 16.6 Å². The van der Waals surface area contributed by atoms with E-state index in [-0.39, 0.29) is 5.78 Å². The monoisotopic (exact) mass is 166 g/mol. The Morgan fingerprint density at radius 1 is 1.33 bits per heavy atom. The molecule has 0 radical (unpaired) electrons. The molecule has 0 aromatic carbocycles. The van der Waals surface area contributed by atoms with Crippen molar-refractivity contribution in [1.82, 2.24) is 0 Å². The Bertz CT molecular complexity index is 263. The quantitative estimate of drug-likeness (QED) is 0.512. The molecule has 1 heterocycles. The minimum atomic E-state index is -0.451. The Morgan fingerprint density at radius 2 is 2.00 bits per heavy atom. The van der Waals surface area contributed by atoms with Gasteiger partial charge in [0.2, 0.25) is 11.5 Å². The summed E-state index contributed by atoms with van der Waals surface area (Å²) < 4.78 is 0.900. The summed E-state index contributed by atoms with van der Waals surface area (Å²) in [6.45, 7) is 1.69. The molecule has 64 valence electrons. The first-order chi connectivity index (χ1) is 5.72. The number of Topliss-reactive ketones (excluding diaryl/α,β-unsaturated/α-hetero) is 1. The maximum Gasteiger partial charge on any atom is 0.266 e. The van der Waals surface area contributed by atoms with E-state index in [9.17, 15) is 9.70 Å². The van der Waals surface area contributed by atoms with Crippen molar-refractivity contribution < 1.29 is 9.55 Å². The van der Waals surface area contributed by atoms with Crippen molar-refractivity contribution in [1.29, 1.82) is 0 Å². The van der Waals surface area contributed by atoms with Gasteiger partial charge in [-0.25, -0.2) is 0 Å². The second kappa shape index (κ2) is 2.51. The Hall–Kier alpha value is -0.990. The Kier molecular flexibility index (Phi) is 1.60. The minimum absolute atomic E-state index is 0.0553. The predicted octanol–water partition coefficient (Wildman–Crippen LogP) is 1.56. The second-order valence-electron chi connectivity index (χ2n) is 3.50. The van der Waals surface area contributed by atoms with E-state index in [0.717, 1.165) is 41.7 Å². The van der Waals surface area contributed by atoms with Crippen LogP contribution in [0.3, 0.4) is 0 Å². The lowest BCUT2D eigenvalue weighted by atomic mass is 9.95. The van der Waals surface area contributed by atoms with Crippen LogP contribution >= 0.6 is 0 Å². The maximum absolute atomic E-state index is 11.5. The molecule has 0 bridgehead atoms. The third-order valence-electron chi connectivity index (χ3n) is 2.73. The lowest BCUT2D eigenvalue weighted by molar-refractivity contribution is -0.517. The van der Waals surface area contributed by atoms with E-state index in [1.807, 2.05) is 0 Å². The van der Waals surface area contributed by atoms with Gasteiger partial charge in [-0.3, -0.25) is 4.79 Å². The lowest BCUT2D eigenvalue weighted by Gasteiger charge is -2.04. The van der Waals surface area contributed by atoms with E-state index in [2.05, 4.69) is 0 Å². The molecular weight excluding hydrogens is 154 g/mol. The smallest absolute Gasteiger partial charge is 0.266 e. The highest BCUT2D eigenvalue weighted by molar-refractivity contribution is 6.00. The molecule has 0 saturated heterocycles. The molecule has 1 aliphatic carbocycles. The number of rotatable bonds is 0. The largest absolute Gasteiger partial charge is 0.287 e. The molecule has 0 N–H and O–H groups in total. The lowest BCUT2D eigenvalue weighted by Crippen LogP contribution is -2.20. The summed E-state index contributed by atoms with van der Waals surface area (Å²) in [5.74, 6) is 0.0553. The van der Waals surface area contributed by atoms with Crippen molar-refractivity contribution in [3.8, 4) is 0 Å². The number of carbonyl (C=O) groups is 1. The summed E-state index contributed by atoms with van der Waals surface area (Å²) in [4.78, 5) is 22.8. The zero-order valence-electron chi connectivity index (χ0n) is 7.17. The highest BCUT2D eigenvalue weighted by atomic mass is 16.3. The molecule has 3 heteroatoms. The van der Waals surface area contributed by atoms with Gasteiger partial charge in [-0.2, -0.15) is 0 Å². The number of nitroso groups, excluding NO2 is 1. The van der Waals surface area contributed by atoms with Gasteiger partial charge in [-0.15, -0.1) is 0 Å². The third-order valence-corrected chi connectivity index (χ3v) is 2.73. The van der Waals surface area contributed by atoms with Gasteiger partial charge < -0.3 is 0 Å². The van der Waals surface area contributed by atoms with Crippen LogP contribution in [0.2, 0.25) is 0 Å². The standard InChI is InChI=1S/C9H12NO2/c1-6-9(11)7-4-2-3-5-8(7)10(6)12/h6H,2-5H2,1H3/q+1. The molecule has 0 fully saturated rings. The first-order valence-corrected chi connectivity index (χ1v) is 4.44. The summed E-state index contributed by atoms with van der Waals surface area (Å²) in [5, 5.41) is 0. The molecule has 0 aromatic heterocycles. The van der Waals surface area contributed by atoms with Crippen LogP contribution in [-0.2, 0) is 4.79 Å². The molecule has 1 aliphatic heterocycles. The molecular formula is C9H12NO2+. The van der Waals surface area contributed by atoms with Gasteiger partial charge in [0.15, 0.2) is 0 Å². The Balaban J connectivity index is 2.41. The van der Waals surface area contributed by atoms with Crippen LogP contribution in [0, 0.1) is 4.91 Å². The van der Waals surface area contributed by atoms with E-state index in [1.165, 1.54) is 0 Å². The molecule has 12 heavy (non-hydrogen) atoms. The third kappa shape index (κ3) is 0.854. The molecule has 2 aliphatic rings. The van der Waals surface area contributed by atoms with Crippen LogP contribution in [0.15, 0.2) is 11.3 Å². The molecule has 3 nitrogen and oxygen atoms in total. The number of nitrogens with zero attached hydrogens (tertiary/aromatic N) is 1. The van der Waals surface area contributed by atoms with Crippen LogP contribution < -0.4 is 0 Å². The summed E-state index contributed by atoms with van der Waals surface area (Å²) in [5.41, 5.74) is 1.57. The average Bonchev–Trinajstić information content (AvgIpc) is 2.33. The zero-order valence-corrected chi connectivity index (χ0v) is 7.17. The highest BCUT2D eigenvalue weighted by Crippen LogP contribution is 2.32. The second-order valence-corrected chi connectivity index (χ2v) is 3.50. The summed E-state index contributed by atoms with van der Waals surface area (Å²) >= 11 is 0. The first-order valence-electron chi connectivity index (χ1n) is 4.44. The van der Waals surface area contributed by atoms with E-state index >= 15 is 0 Å². The zero-order chi connectivity index (χ0) is 8.72. The number of allylic oxidation sites excluding steroid dienone is 1. The molecule has 0 amide bonds. The first kappa shape index (κ1) is 7.65. The maximum atomic E-state index is 11.5. The van der Waals surface area contributed by atoms with Crippen LogP contribution in [0.4, 0.5) is 0 Å². The van der Waals surface area contributed by atoms with Gasteiger partial charge in [0.25, 0.3) is 6.04 Å². The van der Waals surface area contributed by atoms with E-state index < -0.39 is 6.04 Å². The predicted molar refractivity (Wildman–Crippen MR) is 43.6 cm³/mol. The normalized spacial score (nSPS) is 29.6. The van der Waals surface area contributed by atoms with E-state index in [1.54, 1.807) is 6.92 Å². The molecule has 1 unspecified atom stereocenters. The molecule has 0 saturated carbocycles. The van der Waals surface area contributed by atoms with Gasteiger partial charge in [-0.05, 0) is 19.3 Å². The van der Waals surface area contributed by atoms with E-state index in [0.29, 0.717) is 0 Å². The van der Waals surface area contributed by atoms with Crippen LogP contribution in [0.5, 0.6) is 0 Å². The van der Waals surface area contributed by atoms with Crippen molar-refractivity contribution >= 4 is 5.78 Å². The summed E-state index contributed by atoms with van der Waals surface area (Å²) in [7, 11) is 0. The van der Waals surface area contributed by atoms with Crippen molar-refractivity contribution in [3.63, 3.8) is 0 Å². The van der Waals surface area contributed by atoms with Crippen molar-refractivity contribution in [2.24, 2.45) is 0 Å². The summed E-state index contributed by atoms with van der Waals surface area (Å²) in [6.07, 6.45) is 3.73. The fraction of sp³-hybridized carbons (Fsp3) is 0.667. The summed E-state index contributed by atoms with van der Waals surface area (Å²) in [6, 6.07) is -0.451. The number of ketones is 1. The molecule has 0 aromatic rings. The Morgan fingerprint density at radius 3 is 2.67 bits per heavy atom. The fourth-order valence-corrected chi connectivity index (χ4v) is 1.99. The topological polar surface area (TPSA) is 37.1 Å². The van der Waals surface area contributed by atoms with Crippen molar-refractivity contribution in [3.05, 3.63) is 16.2 Å². The van der Waals surface area contributed by atoms with Gasteiger partial charge in [0.1, 0.15) is 0 Å². The molecule has 0 spiro atoms. The minimum Gasteiger partial charge on any atom is -0.287 e. The number of hydrogen-bond acceptors (Lipinski definition) is 2. The number of carbonyl (C=O) groups excluding carboxylic acids is 1. The van der Waals surface area contributed by atoms with Crippen LogP contribution in [0.25, 0.3) is 0 Å². The fourth-order valence-electron chi connectivity index (χ4n) is 1.99. The van der Waals surface area contributed by atoms with Gasteiger partial charge in [0, 0.05) is 23.0 Å². The van der Waals surface area contributed by atoms with Gasteiger partial charge in [-0.1, -0.05) is 0 Å². The average molecular weight is 166 g/mol. The molecule has 2 rings (SSSR count).